The number of hydrogen-bond donors (Lipinski definition) is 1. The van der Waals surface area contributed by atoms with Crippen LogP contribution in [0.3, 0.4) is 0 Å². The lowest BCUT2D eigenvalue weighted by atomic mass is 10.2. The van der Waals surface area contributed by atoms with Crippen molar-refractivity contribution >= 4 is 23.4 Å². The Kier molecular flexibility index (Phi) is 6.16. The number of nitrogens with one attached hydrogen (secondary N) is 1. The Labute approximate surface area is 137 Å². The third-order valence-electron chi connectivity index (χ3n) is 3.21. The van der Waals surface area contributed by atoms with Crippen molar-refractivity contribution in [3.05, 3.63) is 58.6 Å². The van der Waals surface area contributed by atoms with Gasteiger partial charge in [0.05, 0.1) is 0 Å². The third-order valence-corrected chi connectivity index (χ3v) is 4.72. The van der Waals surface area contributed by atoms with Gasteiger partial charge in [0.1, 0.15) is 0 Å². The molecule has 0 unspecified atom stereocenters. The molecular weight excluding hydrogens is 298 g/mol. The van der Waals surface area contributed by atoms with E-state index in [4.69, 9.17) is 11.6 Å². The molecule has 0 heterocycles. The summed E-state index contributed by atoms with van der Waals surface area (Å²) in [6, 6.07) is 14.6. The predicted octanol–water partition coefficient (Wildman–Crippen LogP) is 5.55. The molecule has 0 aromatic heterocycles. The number of aryl methyl sites for hydroxylation is 1. The van der Waals surface area contributed by atoms with Crippen molar-refractivity contribution in [2.24, 2.45) is 5.92 Å². The Morgan fingerprint density at radius 1 is 1.10 bits per heavy atom. The standard InChI is InChI=1S/C18H22ClNS/c1-13(2)11-20-12-15-8-9-16(19)10-18(15)21-17-7-5-4-6-14(17)3/h4-10,13,20H,11-12H2,1-3H3. The van der Waals surface area contributed by atoms with Gasteiger partial charge in [0, 0.05) is 21.4 Å². The molecule has 0 fully saturated rings. The zero-order valence-electron chi connectivity index (χ0n) is 12.8. The van der Waals surface area contributed by atoms with Crippen molar-refractivity contribution < 1.29 is 0 Å². The van der Waals surface area contributed by atoms with Crippen molar-refractivity contribution in [2.75, 3.05) is 6.54 Å². The fourth-order valence-corrected chi connectivity index (χ4v) is 3.36. The van der Waals surface area contributed by atoms with Crippen molar-refractivity contribution in [1.82, 2.24) is 5.32 Å². The fourth-order valence-electron chi connectivity index (χ4n) is 2.05. The Hall–Kier alpha value is -0.960. The average Bonchev–Trinajstić information content (AvgIpc) is 2.43. The summed E-state index contributed by atoms with van der Waals surface area (Å²) < 4.78 is 0. The summed E-state index contributed by atoms with van der Waals surface area (Å²) in [4.78, 5) is 2.51. The van der Waals surface area contributed by atoms with Crippen LogP contribution in [0.2, 0.25) is 5.02 Å². The fraction of sp³-hybridized carbons (Fsp3) is 0.333. The number of benzene rings is 2. The topological polar surface area (TPSA) is 12.0 Å². The van der Waals surface area contributed by atoms with E-state index in [0.29, 0.717) is 5.92 Å². The molecule has 1 nitrogen and oxygen atoms in total. The van der Waals surface area contributed by atoms with E-state index >= 15 is 0 Å². The minimum atomic E-state index is 0.657. The Morgan fingerprint density at radius 2 is 1.86 bits per heavy atom. The maximum absolute atomic E-state index is 6.17. The Morgan fingerprint density at radius 3 is 2.57 bits per heavy atom. The number of hydrogen-bond acceptors (Lipinski definition) is 2. The third kappa shape index (κ3) is 5.06. The van der Waals surface area contributed by atoms with E-state index in [1.54, 1.807) is 11.8 Å². The molecule has 2 rings (SSSR count). The molecule has 3 heteroatoms. The molecule has 0 saturated heterocycles. The molecule has 2 aromatic carbocycles. The van der Waals surface area contributed by atoms with Gasteiger partial charge in [-0.1, -0.05) is 61.5 Å². The van der Waals surface area contributed by atoms with Crippen LogP contribution in [0.25, 0.3) is 0 Å². The van der Waals surface area contributed by atoms with Crippen LogP contribution in [0.4, 0.5) is 0 Å². The summed E-state index contributed by atoms with van der Waals surface area (Å²) in [6.45, 7) is 8.49. The second kappa shape index (κ2) is 7.88. The van der Waals surface area contributed by atoms with Crippen LogP contribution in [0, 0.1) is 12.8 Å². The Bertz CT molecular complexity index is 596. The van der Waals surface area contributed by atoms with Gasteiger partial charge in [-0.25, -0.2) is 0 Å². The molecule has 0 spiro atoms. The summed E-state index contributed by atoms with van der Waals surface area (Å²) >= 11 is 7.96. The molecule has 21 heavy (non-hydrogen) atoms. The minimum absolute atomic E-state index is 0.657. The monoisotopic (exact) mass is 319 g/mol. The molecule has 0 radical (unpaired) electrons. The molecule has 112 valence electrons. The highest BCUT2D eigenvalue weighted by atomic mass is 35.5. The molecule has 0 aliphatic carbocycles. The molecule has 0 bridgehead atoms. The molecule has 0 aliphatic heterocycles. The van der Waals surface area contributed by atoms with E-state index in [0.717, 1.165) is 18.1 Å². The van der Waals surface area contributed by atoms with Crippen LogP contribution in [0.15, 0.2) is 52.3 Å². The summed E-state index contributed by atoms with van der Waals surface area (Å²) in [5.41, 5.74) is 2.59. The van der Waals surface area contributed by atoms with Crippen LogP contribution < -0.4 is 5.32 Å². The van der Waals surface area contributed by atoms with Crippen LogP contribution in [-0.4, -0.2) is 6.54 Å². The van der Waals surface area contributed by atoms with Crippen molar-refractivity contribution in [2.45, 2.75) is 37.1 Å². The first-order valence-electron chi connectivity index (χ1n) is 7.29. The summed E-state index contributed by atoms with van der Waals surface area (Å²) in [5.74, 6) is 0.657. The van der Waals surface area contributed by atoms with Gasteiger partial charge in [0.15, 0.2) is 0 Å². The minimum Gasteiger partial charge on any atom is -0.312 e. The highest BCUT2D eigenvalue weighted by Crippen LogP contribution is 2.34. The van der Waals surface area contributed by atoms with E-state index < -0.39 is 0 Å². The van der Waals surface area contributed by atoms with Crippen molar-refractivity contribution in [3.8, 4) is 0 Å². The van der Waals surface area contributed by atoms with Gasteiger partial charge in [-0.05, 0) is 48.7 Å². The molecule has 1 N–H and O–H groups in total. The molecule has 0 atom stereocenters. The quantitative estimate of drug-likeness (QED) is 0.749. The van der Waals surface area contributed by atoms with E-state index in [1.165, 1.54) is 20.9 Å². The highest BCUT2D eigenvalue weighted by Gasteiger charge is 2.07. The SMILES string of the molecule is Cc1ccccc1Sc1cc(Cl)ccc1CNCC(C)C. The number of halogens is 1. The van der Waals surface area contributed by atoms with E-state index in [9.17, 15) is 0 Å². The molecule has 0 saturated carbocycles. The van der Waals surface area contributed by atoms with Crippen molar-refractivity contribution in [3.63, 3.8) is 0 Å². The van der Waals surface area contributed by atoms with Crippen molar-refractivity contribution in [1.29, 1.82) is 0 Å². The summed E-state index contributed by atoms with van der Waals surface area (Å²) in [5, 5.41) is 4.30. The van der Waals surface area contributed by atoms with Gasteiger partial charge in [0.25, 0.3) is 0 Å². The first-order chi connectivity index (χ1) is 10.1. The highest BCUT2D eigenvalue weighted by molar-refractivity contribution is 7.99. The van der Waals surface area contributed by atoms with E-state index in [-0.39, 0.29) is 0 Å². The van der Waals surface area contributed by atoms with Crippen LogP contribution in [0.1, 0.15) is 25.0 Å². The van der Waals surface area contributed by atoms with Gasteiger partial charge in [-0.2, -0.15) is 0 Å². The average molecular weight is 320 g/mol. The van der Waals surface area contributed by atoms with Gasteiger partial charge in [-0.3, -0.25) is 0 Å². The lowest BCUT2D eigenvalue weighted by molar-refractivity contribution is 0.550. The normalized spacial score (nSPS) is 11.1. The van der Waals surface area contributed by atoms with Crippen LogP contribution in [0.5, 0.6) is 0 Å². The molecule has 0 aliphatic rings. The second-order valence-corrected chi connectivity index (χ2v) is 7.16. The largest absolute Gasteiger partial charge is 0.312 e. The smallest absolute Gasteiger partial charge is 0.0417 e. The zero-order chi connectivity index (χ0) is 15.2. The lowest BCUT2D eigenvalue weighted by Gasteiger charge is -2.13. The van der Waals surface area contributed by atoms with E-state index in [2.05, 4.69) is 62.5 Å². The predicted molar refractivity (Wildman–Crippen MR) is 93.3 cm³/mol. The maximum atomic E-state index is 6.17. The van der Waals surface area contributed by atoms with Gasteiger partial charge in [0.2, 0.25) is 0 Å². The first kappa shape index (κ1) is 16.4. The zero-order valence-corrected chi connectivity index (χ0v) is 14.4. The summed E-state index contributed by atoms with van der Waals surface area (Å²) in [6.07, 6.45) is 0. The van der Waals surface area contributed by atoms with Crippen LogP contribution in [-0.2, 0) is 6.54 Å². The molecular formula is C18H22ClNS. The lowest BCUT2D eigenvalue weighted by Crippen LogP contribution is -2.19. The first-order valence-corrected chi connectivity index (χ1v) is 8.48. The van der Waals surface area contributed by atoms with Gasteiger partial charge >= 0.3 is 0 Å². The van der Waals surface area contributed by atoms with Gasteiger partial charge in [-0.15, -0.1) is 0 Å². The molecule has 2 aromatic rings. The maximum Gasteiger partial charge on any atom is 0.0417 e. The van der Waals surface area contributed by atoms with Gasteiger partial charge < -0.3 is 5.32 Å². The Balaban J connectivity index is 2.17. The number of rotatable bonds is 6. The van der Waals surface area contributed by atoms with Crippen LogP contribution >= 0.6 is 23.4 Å². The second-order valence-electron chi connectivity index (χ2n) is 5.64. The van der Waals surface area contributed by atoms with E-state index in [1.807, 2.05) is 6.07 Å². The summed E-state index contributed by atoms with van der Waals surface area (Å²) in [7, 11) is 0. The molecule has 0 amide bonds.